The van der Waals surface area contributed by atoms with Crippen molar-refractivity contribution in [3.63, 3.8) is 0 Å². The van der Waals surface area contributed by atoms with Gasteiger partial charge in [-0.2, -0.15) is 0 Å². The molecule has 1 N–H and O–H groups in total. The van der Waals surface area contributed by atoms with Crippen LogP contribution in [-0.2, 0) is 9.47 Å². The normalized spacial score (nSPS) is 30.7. The number of nitrogens with one attached hydrogen (secondary N) is 1. The van der Waals surface area contributed by atoms with E-state index < -0.39 is 0 Å². The second kappa shape index (κ2) is 4.94. The first-order valence-corrected chi connectivity index (χ1v) is 5.02. The van der Waals surface area contributed by atoms with Crippen molar-refractivity contribution in [2.24, 2.45) is 0 Å². The molecule has 0 saturated carbocycles. The van der Waals surface area contributed by atoms with Gasteiger partial charge in [0, 0.05) is 26.3 Å². The molecule has 13 heavy (non-hydrogen) atoms. The summed E-state index contributed by atoms with van der Waals surface area (Å²) in [4.78, 5) is 0. The fraction of sp³-hybridized carbons (Fsp3) is 1.00. The van der Waals surface area contributed by atoms with Crippen LogP contribution in [0.5, 0.6) is 0 Å². The first kappa shape index (κ1) is 11.0. The summed E-state index contributed by atoms with van der Waals surface area (Å²) in [6.07, 6.45) is 2.36. The number of ether oxygens (including phenoxy) is 2. The summed E-state index contributed by atoms with van der Waals surface area (Å²) >= 11 is 0. The largest absolute Gasteiger partial charge is 0.383 e. The fourth-order valence-corrected chi connectivity index (χ4v) is 1.68. The van der Waals surface area contributed by atoms with E-state index in [0.29, 0.717) is 6.04 Å². The van der Waals surface area contributed by atoms with Crippen molar-refractivity contribution in [3.8, 4) is 0 Å². The van der Waals surface area contributed by atoms with Crippen LogP contribution >= 0.6 is 0 Å². The molecule has 0 radical (unpaired) electrons. The molecule has 2 unspecified atom stereocenters. The average Bonchev–Trinajstić information content (AvgIpc) is 2.51. The molecule has 2 atom stereocenters. The van der Waals surface area contributed by atoms with E-state index in [-0.39, 0.29) is 5.60 Å². The quantitative estimate of drug-likeness (QED) is 0.701. The molecule has 1 aliphatic heterocycles. The van der Waals surface area contributed by atoms with Gasteiger partial charge < -0.3 is 14.8 Å². The standard InChI is InChI=1S/C10H21NO2/c1-9(7-12-3)11-8-10(2)5-4-6-13-10/h9,11H,4-8H2,1-3H3. The maximum absolute atomic E-state index is 5.67. The highest BCUT2D eigenvalue weighted by atomic mass is 16.5. The van der Waals surface area contributed by atoms with E-state index in [4.69, 9.17) is 9.47 Å². The van der Waals surface area contributed by atoms with Crippen LogP contribution in [0.3, 0.4) is 0 Å². The van der Waals surface area contributed by atoms with Gasteiger partial charge in [-0.1, -0.05) is 0 Å². The Morgan fingerprint density at radius 3 is 2.92 bits per heavy atom. The van der Waals surface area contributed by atoms with Crippen LogP contribution < -0.4 is 5.32 Å². The second-order valence-electron chi connectivity index (χ2n) is 4.14. The highest BCUT2D eigenvalue weighted by molar-refractivity contribution is 4.83. The van der Waals surface area contributed by atoms with Gasteiger partial charge in [0.2, 0.25) is 0 Å². The summed E-state index contributed by atoms with van der Waals surface area (Å²) in [5, 5.41) is 3.42. The third-order valence-corrected chi connectivity index (χ3v) is 2.54. The van der Waals surface area contributed by atoms with E-state index in [9.17, 15) is 0 Å². The molecule has 0 amide bonds. The molecule has 0 spiro atoms. The number of rotatable bonds is 5. The first-order valence-electron chi connectivity index (χ1n) is 5.02. The SMILES string of the molecule is COCC(C)NCC1(C)CCCO1. The summed E-state index contributed by atoms with van der Waals surface area (Å²) in [5.74, 6) is 0. The highest BCUT2D eigenvalue weighted by Crippen LogP contribution is 2.23. The van der Waals surface area contributed by atoms with Gasteiger partial charge in [0.05, 0.1) is 12.2 Å². The molecule has 0 aromatic carbocycles. The molecule has 1 fully saturated rings. The van der Waals surface area contributed by atoms with E-state index in [1.54, 1.807) is 7.11 Å². The van der Waals surface area contributed by atoms with Gasteiger partial charge in [-0.15, -0.1) is 0 Å². The lowest BCUT2D eigenvalue weighted by atomic mass is 10.0. The van der Waals surface area contributed by atoms with E-state index in [1.807, 2.05) is 0 Å². The molecule has 1 heterocycles. The zero-order valence-electron chi connectivity index (χ0n) is 8.93. The van der Waals surface area contributed by atoms with Crippen LogP contribution in [0.25, 0.3) is 0 Å². The molecule has 3 nitrogen and oxygen atoms in total. The Bertz CT molecular complexity index is 144. The van der Waals surface area contributed by atoms with Gasteiger partial charge >= 0.3 is 0 Å². The zero-order chi connectivity index (χ0) is 9.73. The molecule has 78 valence electrons. The first-order chi connectivity index (χ1) is 6.16. The molecular weight excluding hydrogens is 166 g/mol. The van der Waals surface area contributed by atoms with Crippen LogP contribution in [-0.4, -0.2) is 38.5 Å². The van der Waals surface area contributed by atoms with Crippen LogP contribution in [0.15, 0.2) is 0 Å². The van der Waals surface area contributed by atoms with Gasteiger partial charge in [0.15, 0.2) is 0 Å². The predicted molar refractivity (Wildman–Crippen MR) is 52.9 cm³/mol. The third-order valence-electron chi connectivity index (χ3n) is 2.54. The predicted octanol–water partition coefficient (Wildman–Crippen LogP) is 1.18. The van der Waals surface area contributed by atoms with Crippen LogP contribution in [0.2, 0.25) is 0 Å². The average molecular weight is 187 g/mol. The molecule has 1 rings (SSSR count). The van der Waals surface area contributed by atoms with Crippen molar-refractivity contribution >= 4 is 0 Å². The highest BCUT2D eigenvalue weighted by Gasteiger charge is 2.29. The minimum atomic E-state index is 0.0575. The van der Waals surface area contributed by atoms with Crippen molar-refractivity contribution in [2.75, 3.05) is 26.9 Å². The Kier molecular flexibility index (Phi) is 4.16. The maximum atomic E-state index is 5.67. The molecule has 0 aliphatic carbocycles. The van der Waals surface area contributed by atoms with Crippen molar-refractivity contribution in [3.05, 3.63) is 0 Å². The van der Waals surface area contributed by atoms with Gasteiger partial charge in [-0.3, -0.25) is 0 Å². The van der Waals surface area contributed by atoms with Crippen LogP contribution in [0.4, 0.5) is 0 Å². The lowest BCUT2D eigenvalue weighted by Crippen LogP contribution is -2.42. The van der Waals surface area contributed by atoms with Gasteiger partial charge in [-0.05, 0) is 26.7 Å². The minimum absolute atomic E-state index is 0.0575. The van der Waals surface area contributed by atoms with Gasteiger partial charge in [0.25, 0.3) is 0 Å². The Labute approximate surface area is 80.8 Å². The lowest BCUT2D eigenvalue weighted by Gasteiger charge is -2.25. The van der Waals surface area contributed by atoms with E-state index in [0.717, 1.165) is 19.8 Å². The molecule has 3 heteroatoms. The van der Waals surface area contributed by atoms with Gasteiger partial charge in [0.1, 0.15) is 0 Å². The van der Waals surface area contributed by atoms with Crippen LogP contribution in [0, 0.1) is 0 Å². The summed E-state index contributed by atoms with van der Waals surface area (Å²) < 4.78 is 10.7. The van der Waals surface area contributed by atoms with Crippen molar-refractivity contribution in [1.29, 1.82) is 0 Å². The Morgan fingerprint density at radius 2 is 2.38 bits per heavy atom. The Morgan fingerprint density at radius 1 is 1.62 bits per heavy atom. The molecule has 0 aromatic heterocycles. The molecule has 0 bridgehead atoms. The number of hydrogen-bond acceptors (Lipinski definition) is 3. The summed E-state index contributed by atoms with van der Waals surface area (Å²) in [6, 6.07) is 0.408. The monoisotopic (exact) mass is 187 g/mol. The Hall–Kier alpha value is -0.120. The number of methoxy groups -OCH3 is 1. The van der Waals surface area contributed by atoms with Gasteiger partial charge in [-0.25, -0.2) is 0 Å². The zero-order valence-corrected chi connectivity index (χ0v) is 8.93. The van der Waals surface area contributed by atoms with Crippen molar-refractivity contribution < 1.29 is 9.47 Å². The van der Waals surface area contributed by atoms with E-state index in [2.05, 4.69) is 19.2 Å². The van der Waals surface area contributed by atoms with Crippen molar-refractivity contribution in [1.82, 2.24) is 5.32 Å². The molecule has 1 aliphatic rings. The summed E-state index contributed by atoms with van der Waals surface area (Å²) in [7, 11) is 1.73. The van der Waals surface area contributed by atoms with E-state index in [1.165, 1.54) is 12.8 Å². The fourth-order valence-electron chi connectivity index (χ4n) is 1.68. The van der Waals surface area contributed by atoms with Crippen LogP contribution in [0.1, 0.15) is 26.7 Å². The number of hydrogen-bond donors (Lipinski definition) is 1. The third kappa shape index (κ3) is 3.63. The van der Waals surface area contributed by atoms with E-state index >= 15 is 0 Å². The minimum Gasteiger partial charge on any atom is -0.383 e. The lowest BCUT2D eigenvalue weighted by molar-refractivity contribution is 0.0168. The topological polar surface area (TPSA) is 30.5 Å². The molecule has 1 saturated heterocycles. The smallest absolute Gasteiger partial charge is 0.0779 e. The molecular formula is C10H21NO2. The molecule has 0 aromatic rings. The maximum Gasteiger partial charge on any atom is 0.0779 e. The Balaban J connectivity index is 2.17. The van der Waals surface area contributed by atoms with Crippen molar-refractivity contribution in [2.45, 2.75) is 38.3 Å². The second-order valence-corrected chi connectivity index (χ2v) is 4.14. The summed E-state index contributed by atoms with van der Waals surface area (Å²) in [5.41, 5.74) is 0.0575. The summed E-state index contributed by atoms with van der Waals surface area (Å²) in [6.45, 7) is 6.90.